The Kier molecular flexibility index (Phi) is 9.51. The molecular formula is C13H25IN4O2S2. The standard InChI is InChI=1S/C13H24N4O2S2.HI/c1-5-14-12(15-8-11-6-7-20-9-11)16-10-13(2,3)17-21(4,18)19;/h6-7,9,17H,5,8,10H2,1-4H3,(H2,14,15,16);1H. The fourth-order valence-electron chi connectivity index (χ4n) is 1.74. The summed E-state index contributed by atoms with van der Waals surface area (Å²) in [6, 6.07) is 2.03. The van der Waals surface area contributed by atoms with Crippen LogP contribution in [0.5, 0.6) is 0 Å². The molecule has 6 nitrogen and oxygen atoms in total. The molecule has 0 saturated carbocycles. The lowest BCUT2D eigenvalue weighted by atomic mass is 10.1. The van der Waals surface area contributed by atoms with Crippen LogP contribution in [0, 0.1) is 0 Å². The molecule has 1 heterocycles. The van der Waals surface area contributed by atoms with Crippen LogP contribution in [-0.4, -0.2) is 39.3 Å². The number of hydrogen-bond acceptors (Lipinski definition) is 4. The Morgan fingerprint density at radius 2 is 2.05 bits per heavy atom. The van der Waals surface area contributed by atoms with Gasteiger partial charge in [0.15, 0.2) is 5.96 Å². The number of rotatable bonds is 7. The highest BCUT2D eigenvalue weighted by molar-refractivity contribution is 14.0. The predicted octanol–water partition coefficient (Wildman–Crippen LogP) is 1.75. The number of guanidine groups is 1. The van der Waals surface area contributed by atoms with Crippen LogP contribution in [0.25, 0.3) is 0 Å². The first kappa shape index (κ1) is 21.6. The van der Waals surface area contributed by atoms with Gasteiger partial charge >= 0.3 is 0 Å². The number of halogens is 1. The molecule has 0 aliphatic carbocycles. The lowest BCUT2D eigenvalue weighted by molar-refractivity contribution is 0.446. The first-order chi connectivity index (χ1) is 9.72. The van der Waals surface area contributed by atoms with Crippen molar-refractivity contribution in [2.75, 3.05) is 19.3 Å². The van der Waals surface area contributed by atoms with Crippen molar-refractivity contribution in [2.24, 2.45) is 4.99 Å². The molecule has 0 fully saturated rings. The molecule has 0 bridgehead atoms. The van der Waals surface area contributed by atoms with Crippen molar-refractivity contribution in [3.63, 3.8) is 0 Å². The van der Waals surface area contributed by atoms with Gasteiger partial charge in [-0.15, -0.1) is 24.0 Å². The molecule has 0 radical (unpaired) electrons. The first-order valence-electron chi connectivity index (χ1n) is 6.74. The van der Waals surface area contributed by atoms with Crippen molar-refractivity contribution in [3.05, 3.63) is 22.4 Å². The van der Waals surface area contributed by atoms with Gasteiger partial charge in [-0.05, 0) is 43.2 Å². The van der Waals surface area contributed by atoms with E-state index in [9.17, 15) is 8.42 Å². The Morgan fingerprint density at radius 3 is 2.55 bits per heavy atom. The van der Waals surface area contributed by atoms with Gasteiger partial charge in [-0.25, -0.2) is 18.1 Å². The summed E-state index contributed by atoms with van der Waals surface area (Å²) in [5.41, 5.74) is 0.567. The molecule has 0 atom stereocenters. The third-order valence-electron chi connectivity index (χ3n) is 2.50. The van der Waals surface area contributed by atoms with Gasteiger partial charge in [0.05, 0.1) is 12.8 Å². The van der Waals surface area contributed by atoms with Crippen LogP contribution >= 0.6 is 35.3 Å². The summed E-state index contributed by atoms with van der Waals surface area (Å²) in [5, 5.41) is 10.4. The number of sulfonamides is 1. The molecule has 0 amide bonds. The molecule has 3 N–H and O–H groups in total. The molecule has 1 aromatic rings. The third kappa shape index (κ3) is 9.59. The second-order valence-electron chi connectivity index (χ2n) is 5.44. The summed E-state index contributed by atoms with van der Waals surface area (Å²) in [6.45, 7) is 7.42. The van der Waals surface area contributed by atoms with E-state index in [1.807, 2.05) is 32.2 Å². The fourth-order valence-corrected chi connectivity index (χ4v) is 3.47. The number of nitrogens with zero attached hydrogens (tertiary/aromatic N) is 1. The maximum absolute atomic E-state index is 11.3. The molecule has 1 aromatic heterocycles. The van der Waals surface area contributed by atoms with E-state index in [1.54, 1.807) is 11.3 Å². The van der Waals surface area contributed by atoms with Crippen LogP contribution in [0.15, 0.2) is 21.8 Å². The van der Waals surface area contributed by atoms with Gasteiger partial charge in [-0.3, -0.25) is 0 Å². The quantitative estimate of drug-likeness (QED) is 0.329. The van der Waals surface area contributed by atoms with Gasteiger partial charge < -0.3 is 10.6 Å². The average molecular weight is 460 g/mol. The Labute approximate surface area is 154 Å². The van der Waals surface area contributed by atoms with Crippen molar-refractivity contribution in [1.82, 2.24) is 15.4 Å². The molecule has 0 aliphatic rings. The molecule has 128 valence electrons. The molecule has 0 aromatic carbocycles. The van der Waals surface area contributed by atoms with Crippen molar-refractivity contribution < 1.29 is 8.42 Å². The Bertz CT molecular complexity index is 557. The van der Waals surface area contributed by atoms with E-state index in [1.165, 1.54) is 0 Å². The Balaban J connectivity index is 0.00000441. The van der Waals surface area contributed by atoms with Crippen LogP contribution < -0.4 is 15.4 Å². The number of thiophene rings is 1. The van der Waals surface area contributed by atoms with Gasteiger partial charge in [-0.2, -0.15) is 11.3 Å². The molecule has 22 heavy (non-hydrogen) atoms. The largest absolute Gasteiger partial charge is 0.357 e. The fraction of sp³-hybridized carbons (Fsp3) is 0.615. The Morgan fingerprint density at radius 1 is 1.36 bits per heavy atom. The van der Waals surface area contributed by atoms with E-state index in [-0.39, 0.29) is 24.0 Å². The molecule has 0 unspecified atom stereocenters. The summed E-state index contributed by atoms with van der Waals surface area (Å²) < 4.78 is 25.2. The van der Waals surface area contributed by atoms with E-state index in [0.717, 1.165) is 18.4 Å². The molecule has 1 rings (SSSR count). The first-order valence-corrected chi connectivity index (χ1v) is 9.57. The van der Waals surface area contributed by atoms with Crippen LogP contribution in [0.1, 0.15) is 26.3 Å². The maximum Gasteiger partial charge on any atom is 0.209 e. The van der Waals surface area contributed by atoms with E-state index < -0.39 is 15.6 Å². The monoisotopic (exact) mass is 460 g/mol. The number of aliphatic imine (C=N–C) groups is 1. The highest BCUT2D eigenvalue weighted by Crippen LogP contribution is 2.07. The highest BCUT2D eigenvalue weighted by Gasteiger charge is 2.22. The van der Waals surface area contributed by atoms with Gasteiger partial charge in [0.2, 0.25) is 10.0 Å². The van der Waals surface area contributed by atoms with Crippen LogP contribution in [-0.2, 0) is 16.6 Å². The van der Waals surface area contributed by atoms with E-state index in [4.69, 9.17) is 0 Å². The smallest absolute Gasteiger partial charge is 0.209 e. The average Bonchev–Trinajstić information content (AvgIpc) is 2.83. The summed E-state index contributed by atoms with van der Waals surface area (Å²) >= 11 is 1.64. The molecule has 0 spiro atoms. The van der Waals surface area contributed by atoms with Crippen LogP contribution in [0.2, 0.25) is 0 Å². The Hall–Kier alpha value is -0.390. The van der Waals surface area contributed by atoms with Crippen molar-refractivity contribution in [1.29, 1.82) is 0 Å². The van der Waals surface area contributed by atoms with Crippen LogP contribution in [0.3, 0.4) is 0 Å². The van der Waals surface area contributed by atoms with Crippen molar-refractivity contribution in [3.8, 4) is 0 Å². The molecule has 9 heteroatoms. The van der Waals surface area contributed by atoms with Gasteiger partial charge in [0, 0.05) is 18.6 Å². The zero-order chi connectivity index (χ0) is 15.9. The van der Waals surface area contributed by atoms with E-state index in [2.05, 4.69) is 25.7 Å². The number of nitrogens with one attached hydrogen (secondary N) is 3. The second kappa shape index (κ2) is 9.68. The highest BCUT2D eigenvalue weighted by atomic mass is 127. The zero-order valence-electron chi connectivity index (χ0n) is 13.3. The summed E-state index contributed by atoms with van der Waals surface area (Å²) in [4.78, 5) is 4.48. The maximum atomic E-state index is 11.3. The minimum Gasteiger partial charge on any atom is -0.357 e. The van der Waals surface area contributed by atoms with E-state index >= 15 is 0 Å². The number of hydrogen-bond donors (Lipinski definition) is 3. The summed E-state index contributed by atoms with van der Waals surface area (Å²) in [6.07, 6.45) is 1.16. The van der Waals surface area contributed by atoms with Gasteiger partial charge in [0.1, 0.15) is 0 Å². The summed E-state index contributed by atoms with van der Waals surface area (Å²) in [5.74, 6) is 0.673. The second-order valence-corrected chi connectivity index (χ2v) is 7.97. The predicted molar refractivity (Wildman–Crippen MR) is 105 cm³/mol. The zero-order valence-corrected chi connectivity index (χ0v) is 17.3. The lowest BCUT2D eigenvalue weighted by Gasteiger charge is -2.26. The lowest BCUT2D eigenvalue weighted by Crippen LogP contribution is -2.53. The van der Waals surface area contributed by atoms with Crippen LogP contribution in [0.4, 0.5) is 0 Å². The molecular weight excluding hydrogens is 435 g/mol. The SMILES string of the molecule is CCNC(=NCc1ccsc1)NCC(C)(C)NS(C)(=O)=O.I. The van der Waals surface area contributed by atoms with Crippen molar-refractivity contribution >= 4 is 51.3 Å². The third-order valence-corrected chi connectivity index (χ3v) is 4.16. The van der Waals surface area contributed by atoms with E-state index in [0.29, 0.717) is 19.0 Å². The normalized spacial score (nSPS) is 12.6. The molecule has 0 saturated heterocycles. The summed E-state index contributed by atoms with van der Waals surface area (Å²) in [7, 11) is -3.24. The van der Waals surface area contributed by atoms with Gasteiger partial charge in [0.25, 0.3) is 0 Å². The minimum atomic E-state index is -3.24. The topological polar surface area (TPSA) is 82.6 Å². The van der Waals surface area contributed by atoms with Gasteiger partial charge in [-0.1, -0.05) is 0 Å². The minimum absolute atomic E-state index is 0. The molecule has 0 aliphatic heterocycles. The van der Waals surface area contributed by atoms with Crippen molar-refractivity contribution in [2.45, 2.75) is 32.9 Å².